The summed E-state index contributed by atoms with van der Waals surface area (Å²) in [6, 6.07) is 9.53. The van der Waals surface area contributed by atoms with Gasteiger partial charge in [-0.15, -0.1) is 0 Å². The lowest BCUT2D eigenvalue weighted by atomic mass is 10.1. The van der Waals surface area contributed by atoms with Crippen LogP contribution in [-0.2, 0) is 4.79 Å². The number of para-hydroxylation sites is 1. The average Bonchev–Trinajstić information content (AvgIpc) is 2.90. The van der Waals surface area contributed by atoms with Crippen molar-refractivity contribution in [2.45, 2.75) is 27.7 Å². The van der Waals surface area contributed by atoms with Gasteiger partial charge in [0.1, 0.15) is 5.75 Å². The molecular weight excluding hydrogens is 314 g/mol. The van der Waals surface area contributed by atoms with E-state index in [-0.39, 0.29) is 23.2 Å². The minimum absolute atomic E-state index is 0.0108. The zero-order chi connectivity index (χ0) is 18.2. The highest BCUT2D eigenvalue weighted by molar-refractivity contribution is 5.95. The minimum Gasteiger partial charge on any atom is -0.496 e. The van der Waals surface area contributed by atoms with Gasteiger partial charge in [-0.1, -0.05) is 37.6 Å². The lowest BCUT2D eigenvalue weighted by molar-refractivity contribution is -0.118. The monoisotopic (exact) mass is 339 g/mol. The Morgan fingerprint density at radius 3 is 2.72 bits per heavy atom. The number of nitrogens with zero attached hydrogens (tertiary/aromatic N) is 1. The number of hydrogen-bond acceptors (Lipinski definition) is 3. The van der Waals surface area contributed by atoms with Crippen LogP contribution >= 0.6 is 0 Å². The third kappa shape index (κ3) is 3.31. The van der Waals surface area contributed by atoms with Crippen molar-refractivity contribution in [1.29, 1.82) is 0 Å². The molecule has 1 fully saturated rings. The van der Waals surface area contributed by atoms with E-state index < -0.39 is 0 Å². The molecule has 0 unspecified atom stereocenters. The normalized spacial score (nSPS) is 20.7. The highest BCUT2D eigenvalue weighted by Crippen LogP contribution is 2.59. The van der Waals surface area contributed by atoms with E-state index in [0.717, 1.165) is 17.0 Å². The smallest absolute Gasteiger partial charge is 0.229 e. The third-order valence-electron chi connectivity index (χ3n) is 4.93. The van der Waals surface area contributed by atoms with Gasteiger partial charge in [0.15, 0.2) is 5.82 Å². The molecule has 3 rings (SSSR count). The molecule has 5 heteroatoms. The molecule has 1 aliphatic carbocycles. The van der Waals surface area contributed by atoms with E-state index in [4.69, 9.17) is 4.74 Å². The number of carbonyl (C=O) groups excluding carboxylic acids is 1. The molecule has 2 N–H and O–H groups in total. The Balaban J connectivity index is 1.74. The van der Waals surface area contributed by atoms with E-state index in [0.29, 0.717) is 5.82 Å². The van der Waals surface area contributed by atoms with Gasteiger partial charge in [0.25, 0.3) is 0 Å². The highest BCUT2D eigenvalue weighted by atomic mass is 16.5. The van der Waals surface area contributed by atoms with Crippen LogP contribution in [-0.4, -0.2) is 23.2 Å². The molecule has 25 heavy (non-hydrogen) atoms. The van der Waals surface area contributed by atoms with Crippen LogP contribution in [0, 0.1) is 17.3 Å². The van der Waals surface area contributed by atoms with Crippen molar-refractivity contribution < 1.29 is 9.53 Å². The van der Waals surface area contributed by atoms with Crippen LogP contribution in [0.2, 0.25) is 0 Å². The van der Waals surface area contributed by atoms with Gasteiger partial charge in [-0.05, 0) is 37.3 Å². The van der Waals surface area contributed by atoms with Crippen molar-refractivity contribution >= 4 is 11.7 Å². The predicted molar refractivity (Wildman–Crippen MR) is 99.4 cm³/mol. The molecule has 2 aromatic rings. The first-order chi connectivity index (χ1) is 11.8. The summed E-state index contributed by atoms with van der Waals surface area (Å²) in [6.45, 7) is 8.39. The molecule has 1 amide bonds. The van der Waals surface area contributed by atoms with Crippen LogP contribution in [0.25, 0.3) is 11.3 Å². The summed E-state index contributed by atoms with van der Waals surface area (Å²) in [6.07, 6.45) is 2.19. The molecule has 1 aliphatic rings. The summed E-state index contributed by atoms with van der Waals surface area (Å²) >= 11 is 0. The van der Waals surface area contributed by atoms with Gasteiger partial charge in [-0.2, -0.15) is 5.10 Å². The summed E-state index contributed by atoms with van der Waals surface area (Å²) in [7, 11) is 1.64. The number of anilines is 1. The van der Waals surface area contributed by atoms with Gasteiger partial charge in [-0.25, -0.2) is 0 Å². The number of nitrogens with one attached hydrogen (secondary N) is 2. The number of aromatic nitrogens is 2. The molecule has 0 bridgehead atoms. The second-order valence-electron chi connectivity index (χ2n) is 7.43. The van der Waals surface area contributed by atoms with Crippen molar-refractivity contribution in [3.05, 3.63) is 42.0 Å². The van der Waals surface area contributed by atoms with Gasteiger partial charge < -0.3 is 10.1 Å². The zero-order valence-electron chi connectivity index (χ0n) is 15.4. The van der Waals surface area contributed by atoms with E-state index in [9.17, 15) is 4.79 Å². The number of methoxy groups -OCH3 is 1. The summed E-state index contributed by atoms with van der Waals surface area (Å²) < 4.78 is 5.38. The van der Waals surface area contributed by atoms with Crippen LogP contribution in [0.1, 0.15) is 27.7 Å². The van der Waals surface area contributed by atoms with Crippen molar-refractivity contribution in [1.82, 2.24) is 10.2 Å². The fourth-order valence-corrected chi connectivity index (χ4v) is 3.44. The maximum absolute atomic E-state index is 12.6. The van der Waals surface area contributed by atoms with Gasteiger partial charge in [0.05, 0.1) is 18.7 Å². The molecule has 0 spiro atoms. The molecular formula is C20H25N3O2. The molecule has 0 saturated heterocycles. The van der Waals surface area contributed by atoms with Crippen LogP contribution in [0.3, 0.4) is 0 Å². The van der Waals surface area contributed by atoms with Crippen molar-refractivity contribution in [2.24, 2.45) is 17.3 Å². The molecule has 5 nitrogen and oxygen atoms in total. The highest BCUT2D eigenvalue weighted by Gasteiger charge is 2.60. The number of ether oxygens (including phenoxy) is 1. The molecule has 2 atom stereocenters. The van der Waals surface area contributed by atoms with E-state index in [2.05, 4.69) is 49.3 Å². The third-order valence-corrected chi connectivity index (χ3v) is 4.93. The van der Waals surface area contributed by atoms with Crippen LogP contribution in [0.4, 0.5) is 5.82 Å². The molecule has 1 aromatic heterocycles. The van der Waals surface area contributed by atoms with E-state index >= 15 is 0 Å². The minimum atomic E-state index is -0.0196. The first kappa shape index (κ1) is 17.3. The van der Waals surface area contributed by atoms with Gasteiger partial charge in [0.2, 0.25) is 5.91 Å². The SMILES string of the molecule is COc1ccccc1-c1cc(NC(=O)[C@@H]2[C@H](C=C(C)C)C2(C)C)n[nH]1. The summed E-state index contributed by atoms with van der Waals surface area (Å²) in [4.78, 5) is 12.6. The van der Waals surface area contributed by atoms with Crippen molar-refractivity contribution in [3.63, 3.8) is 0 Å². The number of H-pyrrole nitrogens is 1. The zero-order valence-corrected chi connectivity index (χ0v) is 15.4. The predicted octanol–water partition coefficient (Wildman–Crippen LogP) is 4.26. The largest absolute Gasteiger partial charge is 0.496 e. The number of aromatic amines is 1. The molecule has 1 heterocycles. The fourth-order valence-electron chi connectivity index (χ4n) is 3.44. The Morgan fingerprint density at radius 2 is 2.04 bits per heavy atom. The van der Waals surface area contributed by atoms with Crippen LogP contribution < -0.4 is 10.1 Å². The Kier molecular flexibility index (Phi) is 4.41. The lowest BCUT2D eigenvalue weighted by Crippen LogP contribution is -2.17. The first-order valence-electron chi connectivity index (χ1n) is 8.49. The van der Waals surface area contributed by atoms with Gasteiger partial charge in [0, 0.05) is 11.6 Å². The van der Waals surface area contributed by atoms with Crippen LogP contribution in [0.5, 0.6) is 5.75 Å². The van der Waals surface area contributed by atoms with E-state index in [1.807, 2.05) is 30.3 Å². The van der Waals surface area contributed by atoms with Gasteiger partial charge in [-0.3, -0.25) is 9.89 Å². The van der Waals surface area contributed by atoms with E-state index in [1.165, 1.54) is 5.57 Å². The Morgan fingerprint density at radius 1 is 1.32 bits per heavy atom. The molecule has 1 saturated carbocycles. The molecule has 132 valence electrons. The first-order valence-corrected chi connectivity index (χ1v) is 8.49. The number of amides is 1. The van der Waals surface area contributed by atoms with Gasteiger partial charge >= 0.3 is 0 Å². The second-order valence-corrected chi connectivity index (χ2v) is 7.43. The molecule has 0 radical (unpaired) electrons. The molecule has 0 aliphatic heterocycles. The maximum atomic E-state index is 12.6. The number of rotatable bonds is 5. The Labute approximate surface area is 148 Å². The topological polar surface area (TPSA) is 67.0 Å². The fraction of sp³-hybridized carbons (Fsp3) is 0.400. The second kappa shape index (κ2) is 6.39. The number of allylic oxidation sites excluding steroid dienone is 2. The Hall–Kier alpha value is -2.56. The average molecular weight is 339 g/mol. The quantitative estimate of drug-likeness (QED) is 0.800. The van der Waals surface area contributed by atoms with Crippen molar-refractivity contribution in [3.8, 4) is 17.0 Å². The Bertz CT molecular complexity index is 816. The van der Waals surface area contributed by atoms with Crippen molar-refractivity contribution in [2.75, 3.05) is 12.4 Å². The summed E-state index contributed by atoms with van der Waals surface area (Å²) in [5, 5.41) is 10.1. The standard InChI is InChI=1S/C20H25N3O2/c1-12(2)10-14-18(20(14,3)4)19(24)21-17-11-15(22-23-17)13-8-6-7-9-16(13)25-5/h6-11,14,18H,1-5H3,(H2,21,22,23,24)/t14-,18-/m0/s1. The summed E-state index contributed by atoms with van der Waals surface area (Å²) in [5.41, 5.74) is 2.95. The number of benzene rings is 1. The van der Waals surface area contributed by atoms with E-state index in [1.54, 1.807) is 7.11 Å². The number of hydrogen-bond donors (Lipinski definition) is 2. The number of carbonyl (C=O) groups is 1. The van der Waals surface area contributed by atoms with Crippen LogP contribution in [0.15, 0.2) is 42.0 Å². The maximum Gasteiger partial charge on any atom is 0.229 e. The molecule has 1 aromatic carbocycles. The lowest BCUT2D eigenvalue weighted by Gasteiger charge is -2.05. The summed E-state index contributed by atoms with van der Waals surface area (Å²) in [5.74, 6) is 1.57.